The molecule has 0 bridgehead atoms. The fourth-order valence-corrected chi connectivity index (χ4v) is 4.67. The predicted octanol–water partition coefficient (Wildman–Crippen LogP) is -1.37. The van der Waals surface area contributed by atoms with E-state index in [1.165, 1.54) is 13.8 Å². The first-order valence-corrected chi connectivity index (χ1v) is 12.2. The van der Waals surface area contributed by atoms with Crippen molar-refractivity contribution in [2.24, 2.45) is 0 Å². The third kappa shape index (κ3) is 9.45. The SMILES string of the molecule is CC(COO)N1CCN(C(C)C(=O)O)CC(CO)N(C(C)C(=O)O)CCN(C(C)COO)C(CO)C1. The van der Waals surface area contributed by atoms with Crippen molar-refractivity contribution < 1.29 is 50.3 Å². The summed E-state index contributed by atoms with van der Waals surface area (Å²) in [5, 5.41) is 58.0. The minimum absolute atomic E-state index is 0.00882. The second-order valence-corrected chi connectivity index (χ2v) is 9.46. The highest BCUT2D eigenvalue weighted by Crippen LogP contribution is 2.17. The molecule has 1 heterocycles. The van der Waals surface area contributed by atoms with Gasteiger partial charge in [0.2, 0.25) is 0 Å². The van der Waals surface area contributed by atoms with Crippen LogP contribution in [0.4, 0.5) is 0 Å². The smallest absolute Gasteiger partial charge is 0.320 e. The summed E-state index contributed by atoms with van der Waals surface area (Å²) in [6.45, 7) is 7.49. The molecule has 0 aromatic carbocycles. The average Bonchev–Trinajstić information content (AvgIpc) is 2.83. The Kier molecular flexibility index (Phi) is 14.8. The van der Waals surface area contributed by atoms with Crippen LogP contribution in [-0.4, -0.2) is 164 Å². The number of aliphatic hydroxyl groups excluding tert-OH is 2. The number of hydrogen-bond acceptors (Lipinski definition) is 12. The lowest BCUT2D eigenvalue weighted by molar-refractivity contribution is -0.254. The van der Waals surface area contributed by atoms with E-state index >= 15 is 0 Å². The van der Waals surface area contributed by atoms with Crippen LogP contribution in [-0.2, 0) is 19.4 Å². The molecule has 212 valence electrons. The minimum Gasteiger partial charge on any atom is -0.480 e. The molecule has 0 aromatic heterocycles. The van der Waals surface area contributed by atoms with Crippen molar-refractivity contribution in [1.29, 1.82) is 0 Å². The number of nitrogens with zero attached hydrogens (tertiary/aromatic N) is 4. The Balaban J connectivity index is 3.49. The van der Waals surface area contributed by atoms with Crippen LogP contribution in [0.25, 0.3) is 0 Å². The fraction of sp³-hybridized carbons (Fsp3) is 0.909. The highest BCUT2D eigenvalue weighted by molar-refractivity contribution is 5.73. The number of hydrogen-bond donors (Lipinski definition) is 6. The van der Waals surface area contributed by atoms with Crippen molar-refractivity contribution in [1.82, 2.24) is 19.6 Å². The first-order valence-electron chi connectivity index (χ1n) is 12.2. The third-order valence-corrected chi connectivity index (χ3v) is 7.12. The molecule has 0 saturated carbocycles. The van der Waals surface area contributed by atoms with Crippen molar-refractivity contribution in [2.75, 3.05) is 65.7 Å². The Morgan fingerprint density at radius 3 is 1.67 bits per heavy atom. The maximum atomic E-state index is 11.9. The number of rotatable bonds is 12. The molecule has 1 saturated heterocycles. The van der Waals surface area contributed by atoms with Gasteiger partial charge in [0.05, 0.1) is 26.4 Å². The lowest BCUT2D eigenvalue weighted by atomic mass is 10.1. The number of carbonyl (C=O) groups is 2. The summed E-state index contributed by atoms with van der Waals surface area (Å²) >= 11 is 0. The van der Waals surface area contributed by atoms with Gasteiger partial charge in [-0.25, -0.2) is 9.78 Å². The van der Waals surface area contributed by atoms with E-state index in [1.807, 2.05) is 16.7 Å². The van der Waals surface area contributed by atoms with E-state index in [9.17, 15) is 30.0 Å². The van der Waals surface area contributed by atoms with Gasteiger partial charge in [0.15, 0.2) is 0 Å². The summed E-state index contributed by atoms with van der Waals surface area (Å²) in [4.78, 5) is 39.6. The molecular weight excluding hydrogens is 480 g/mol. The molecule has 0 spiro atoms. The van der Waals surface area contributed by atoms with Crippen LogP contribution in [0.1, 0.15) is 27.7 Å². The Morgan fingerprint density at radius 2 is 1.17 bits per heavy atom. The summed E-state index contributed by atoms with van der Waals surface area (Å²) in [6.07, 6.45) is 0. The van der Waals surface area contributed by atoms with Crippen LogP contribution >= 0.6 is 0 Å². The maximum absolute atomic E-state index is 11.9. The lowest BCUT2D eigenvalue weighted by Gasteiger charge is -2.44. The molecule has 1 aliphatic heterocycles. The molecule has 0 amide bonds. The predicted molar refractivity (Wildman–Crippen MR) is 129 cm³/mol. The normalized spacial score (nSPS) is 25.9. The summed E-state index contributed by atoms with van der Waals surface area (Å²) in [7, 11) is 0. The van der Waals surface area contributed by atoms with Gasteiger partial charge in [-0.05, 0) is 27.7 Å². The van der Waals surface area contributed by atoms with Crippen molar-refractivity contribution in [3.8, 4) is 0 Å². The van der Waals surface area contributed by atoms with Crippen LogP contribution in [0, 0.1) is 0 Å². The molecule has 6 unspecified atom stereocenters. The molecule has 14 heteroatoms. The Morgan fingerprint density at radius 1 is 0.722 bits per heavy atom. The van der Waals surface area contributed by atoms with Crippen molar-refractivity contribution in [3.05, 3.63) is 0 Å². The molecule has 0 aliphatic carbocycles. The Hall–Kier alpha value is -1.46. The van der Waals surface area contributed by atoms with E-state index < -0.39 is 42.7 Å². The van der Waals surface area contributed by atoms with Gasteiger partial charge in [0.1, 0.15) is 12.1 Å². The van der Waals surface area contributed by atoms with E-state index in [1.54, 1.807) is 16.7 Å². The van der Waals surface area contributed by atoms with Crippen LogP contribution in [0.15, 0.2) is 0 Å². The van der Waals surface area contributed by atoms with Crippen LogP contribution < -0.4 is 0 Å². The third-order valence-electron chi connectivity index (χ3n) is 7.12. The Labute approximate surface area is 212 Å². The van der Waals surface area contributed by atoms with Crippen molar-refractivity contribution in [2.45, 2.75) is 63.9 Å². The van der Waals surface area contributed by atoms with E-state index in [0.29, 0.717) is 13.1 Å². The first-order chi connectivity index (χ1) is 17.0. The molecule has 14 nitrogen and oxygen atoms in total. The molecule has 6 atom stereocenters. The van der Waals surface area contributed by atoms with Gasteiger partial charge in [-0.1, -0.05) is 0 Å². The summed E-state index contributed by atoms with van der Waals surface area (Å²) in [5.74, 6) is -2.13. The van der Waals surface area contributed by atoms with Gasteiger partial charge in [-0.15, -0.1) is 0 Å². The molecule has 1 aliphatic rings. The maximum Gasteiger partial charge on any atom is 0.320 e. The molecule has 36 heavy (non-hydrogen) atoms. The van der Waals surface area contributed by atoms with E-state index in [-0.39, 0.29) is 58.1 Å². The molecule has 0 radical (unpaired) electrons. The largest absolute Gasteiger partial charge is 0.480 e. The molecule has 0 aromatic rings. The van der Waals surface area contributed by atoms with Gasteiger partial charge in [0.25, 0.3) is 0 Å². The van der Waals surface area contributed by atoms with Crippen LogP contribution in [0.2, 0.25) is 0 Å². The number of carboxylic acids is 2. The average molecular weight is 525 g/mol. The van der Waals surface area contributed by atoms with Gasteiger partial charge in [0, 0.05) is 63.4 Å². The van der Waals surface area contributed by atoms with Crippen LogP contribution in [0.5, 0.6) is 0 Å². The summed E-state index contributed by atoms with van der Waals surface area (Å²) in [5.41, 5.74) is 0. The lowest BCUT2D eigenvalue weighted by Crippen LogP contribution is -2.60. The van der Waals surface area contributed by atoms with E-state index in [2.05, 4.69) is 9.78 Å². The fourth-order valence-electron chi connectivity index (χ4n) is 4.67. The van der Waals surface area contributed by atoms with E-state index in [4.69, 9.17) is 10.5 Å². The van der Waals surface area contributed by atoms with Gasteiger partial charge >= 0.3 is 11.9 Å². The van der Waals surface area contributed by atoms with Crippen molar-refractivity contribution in [3.63, 3.8) is 0 Å². The van der Waals surface area contributed by atoms with Crippen molar-refractivity contribution >= 4 is 11.9 Å². The number of aliphatic carboxylic acids is 2. The summed E-state index contributed by atoms with van der Waals surface area (Å²) < 4.78 is 0. The quantitative estimate of drug-likeness (QED) is 0.130. The highest BCUT2D eigenvalue weighted by Gasteiger charge is 2.35. The molecular formula is C22H44N4O10. The molecule has 1 fully saturated rings. The number of aliphatic hydroxyl groups is 2. The zero-order valence-corrected chi connectivity index (χ0v) is 21.6. The van der Waals surface area contributed by atoms with Gasteiger partial charge in [-0.2, -0.15) is 0 Å². The second-order valence-electron chi connectivity index (χ2n) is 9.46. The van der Waals surface area contributed by atoms with E-state index in [0.717, 1.165) is 0 Å². The highest BCUT2D eigenvalue weighted by atomic mass is 17.1. The minimum atomic E-state index is -1.08. The zero-order valence-electron chi connectivity index (χ0n) is 21.6. The summed E-state index contributed by atoms with van der Waals surface area (Å²) in [6, 6.07) is -3.64. The van der Waals surface area contributed by atoms with Gasteiger partial charge < -0.3 is 20.4 Å². The Bertz CT molecular complexity index is 660. The molecule has 1 rings (SSSR count). The van der Waals surface area contributed by atoms with Gasteiger partial charge in [-0.3, -0.25) is 39.7 Å². The van der Waals surface area contributed by atoms with Crippen LogP contribution in [0.3, 0.4) is 0 Å². The zero-order chi connectivity index (χ0) is 27.4. The molecule has 6 N–H and O–H groups in total. The topological polar surface area (TPSA) is 187 Å². The standard InChI is InChI=1S/C22H44N4O10/c1-15(13-35-33)23-5-6-24(17(3)21(29)30)10-20(12-28)26(18(4)22(31)32)8-7-25(16(2)14-36-34)19(9-23)11-27/h15-20,27-28,33-34H,5-14H2,1-4H3,(H,29,30)(H,31,32). The second kappa shape index (κ2) is 16.4. The number of carboxylic acid groups (broad SMARTS) is 2. The monoisotopic (exact) mass is 524 g/mol. The first kappa shape index (κ1) is 32.6.